The van der Waals surface area contributed by atoms with Crippen molar-refractivity contribution in [1.82, 2.24) is 0 Å². The molecule has 0 amide bonds. The summed E-state index contributed by atoms with van der Waals surface area (Å²) in [6, 6.07) is 0. The Morgan fingerprint density at radius 3 is 1.58 bits per heavy atom. The summed E-state index contributed by atoms with van der Waals surface area (Å²) >= 11 is 0. The molecule has 0 aromatic rings. The molecule has 0 aromatic carbocycles. The van der Waals surface area contributed by atoms with Gasteiger partial charge in [-0.15, -0.1) is 0 Å². The Balaban J connectivity index is 1.87. The van der Waals surface area contributed by atoms with Crippen LogP contribution in [0.25, 0.3) is 0 Å². The molecule has 0 bridgehead atoms. The number of allylic oxidation sites excluding steroid dienone is 12. The fourth-order valence-corrected chi connectivity index (χ4v) is 6.95. The van der Waals surface area contributed by atoms with Crippen LogP contribution in [0.15, 0.2) is 72.9 Å². The Morgan fingerprint density at radius 1 is 0.508 bits per heavy atom. The number of unbranched alkanes of at least 4 members (excludes halogenated alkanes) is 9. The van der Waals surface area contributed by atoms with E-state index >= 15 is 0 Å². The average Bonchev–Trinajstić information content (AvgIpc) is 3.30. The van der Waals surface area contributed by atoms with Crippen molar-refractivity contribution >= 4 is 11.9 Å². The Kier molecular flexibility index (Phi) is 33.0. The summed E-state index contributed by atoms with van der Waals surface area (Å²) < 4.78 is 33.4. The van der Waals surface area contributed by atoms with Crippen molar-refractivity contribution in [3.8, 4) is 0 Å². The third-order valence-electron chi connectivity index (χ3n) is 10.9. The quantitative estimate of drug-likeness (QED) is 0.0224. The molecule has 7 N–H and O–H groups in total. The van der Waals surface area contributed by atoms with Crippen molar-refractivity contribution < 1.29 is 73.8 Å². The number of aliphatic hydroxyl groups excluding tert-OH is 7. The highest BCUT2D eigenvalue weighted by Gasteiger charge is 2.47. The zero-order valence-electron chi connectivity index (χ0n) is 38.9. The predicted molar refractivity (Wildman–Crippen MR) is 247 cm³/mol. The molecule has 2 aliphatic heterocycles. The third kappa shape index (κ3) is 25.6. The molecule has 2 saturated heterocycles. The van der Waals surface area contributed by atoms with Gasteiger partial charge < -0.3 is 64.2 Å². The highest BCUT2D eigenvalue weighted by Crippen LogP contribution is 2.26. The van der Waals surface area contributed by atoms with Crippen molar-refractivity contribution in [2.75, 3.05) is 26.4 Å². The molecule has 0 aromatic heterocycles. The lowest BCUT2D eigenvalue weighted by atomic mass is 9.98. The van der Waals surface area contributed by atoms with E-state index in [2.05, 4.69) is 74.6 Å². The molecule has 2 aliphatic rings. The van der Waals surface area contributed by atoms with Gasteiger partial charge in [0.15, 0.2) is 18.7 Å². The number of hydrogen-bond acceptors (Lipinski definition) is 15. The van der Waals surface area contributed by atoms with E-state index in [1.54, 1.807) is 0 Å². The minimum atomic E-state index is -1.78. The highest BCUT2D eigenvalue weighted by atomic mass is 16.7. The smallest absolute Gasteiger partial charge is 0.306 e. The molecule has 15 nitrogen and oxygen atoms in total. The number of esters is 2. The van der Waals surface area contributed by atoms with Crippen LogP contribution in [0.4, 0.5) is 0 Å². The Morgan fingerprint density at radius 2 is 0.985 bits per heavy atom. The number of rotatable bonds is 35. The fraction of sp³-hybridized carbons (Fsp3) is 0.720. The molecule has 0 spiro atoms. The maximum absolute atomic E-state index is 12.9. The summed E-state index contributed by atoms with van der Waals surface area (Å²) in [4.78, 5) is 25.6. The van der Waals surface area contributed by atoms with Crippen LogP contribution in [-0.4, -0.2) is 142 Å². The van der Waals surface area contributed by atoms with Gasteiger partial charge in [0.05, 0.1) is 19.8 Å². The van der Waals surface area contributed by atoms with Gasteiger partial charge >= 0.3 is 11.9 Å². The van der Waals surface area contributed by atoms with Crippen molar-refractivity contribution in [3.63, 3.8) is 0 Å². The first-order valence-electron chi connectivity index (χ1n) is 24.0. The number of carbonyl (C=O) groups is 2. The van der Waals surface area contributed by atoms with E-state index in [-0.39, 0.29) is 19.4 Å². The van der Waals surface area contributed by atoms with Gasteiger partial charge in [0.1, 0.15) is 55.4 Å². The van der Waals surface area contributed by atoms with Crippen LogP contribution in [0.3, 0.4) is 0 Å². The number of carbonyl (C=O) groups excluding carboxylic acids is 2. The van der Waals surface area contributed by atoms with E-state index in [4.69, 9.17) is 28.4 Å². The van der Waals surface area contributed by atoms with Crippen LogP contribution in [0.1, 0.15) is 136 Å². The van der Waals surface area contributed by atoms with Crippen molar-refractivity contribution in [2.45, 2.75) is 203 Å². The molecule has 2 heterocycles. The van der Waals surface area contributed by atoms with Crippen LogP contribution < -0.4 is 0 Å². The first-order chi connectivity index (χ1) is 31.5. The molecule has 2 fully saturated rings. The second kappa shape index (κ2) is 37.0. The summed E-state index contributed by atoms with van der Waals surface area (Å²) in [7, 11) is 0. The van der Waals surface area contributed by atoms with Gasteiger partial charge in [-0.2, -0.15) is 0 Å². The molecule has 11 unspecified atom stereocenters. The maximum atomic E-state index is 12.9. The lowest BCUT2D eigenvalue weighted by Crippen LogP contribution is -2.61. The van der Waals surface area contributed by atoms with Gasteiger partial charge in [0.25, 0.3) is 0 Å². The van der Waals surface area contributed by atoms with E-state index in [0.717, 1.165) is 70.6 Å². The Hall–Kier alpha value is -3.06. The SMILES string of the molecule is CC/C=C\C/C=C\C/C=C\C/C=C\C/C=C\CCCC(=O)OC(COC(=O)CCCCCCC/C=C\CCCCC)COC1OC(COC2OC(CO)C(O)C(O)C2O)C(O)C(O)C1O. The molecule has 0 aliphatic carbocycles. The normalized spacial score (nSPS) is 27.0. The van der Waals surface area contributed by atoms with Crippen LogP contribution >= 0.6 is 0 Å². The first-order valence-corrected chi connectivity index (χ1v) is 24.0. The predicted octanol–water partition coefficient (Wildman–Crippen LogP) is 5.87. The first kappa shape index (κ1) is 58.1. The van der Waals surface area contributed by atoms with E-state index in [9.17, 15) is 45.3 Å². The average molecular weight is 923 g/mol. The number of aliphatic hydroxyl groups is 7. The summed E-state index contributed by atoms with van der Waals surface area (Å²) in [5, 5.41) is 71.9. The monoisotopic (exact) mass is 923 g/mol. The highest BCUT2D eigenvalue weighted by molar-refractivity contribution is 5.70. The fourth-order valence-electron chi connectivity index (χ4n) is 6.95. The summed E-state index contributed by atoms with van der Waals surface area (Å²) in [5.41, 5.74) is 0. The lowest BCUT2D eigenvalue weighted by molar-refractivity contribution is -0.332. The van der Waals surface area contributed by atoms with Crippen molar-refractivity contribution in [1.29, 1.82) is 0 Å². The number of ether oxygens (including phenoxy) is 6. The topological polar surface area (TPSA) is 231 Å². The van der Waals surface area contributed by atoms with E-state index in [0.29, 0.717) is 19.3 Å². The van der Waals surface area contributed by atoms with Crippen LogP contribution in [0.5, 0.6) is 0 Å². The van der Waals surface area contributed by atoms with Gasteiger partial charge in [-0.25, -0.2) is 0 Å². The molecule has 372 valence electrons. The summed E-state index contributed by atoms with van der Waals surface area (Å²) in [6.45, 7) is 2.35. The van der Waals surface area contributed by atoms with Gasteiger partial charge in [-0.3, -0.25) is 9.59 Å². The maximum Gasteiger partial charge on any atom is 0.306 e. The van der Waals surface area contributed by atoms with E-state index < -0.39 is 99.3 Å². The molecule has 0 saturated carbocycles. The summed E-state index contributed by atoms with van der Waals surface area (Å²) in [6.07, 6.45) is 25.2. The van der Waals surface area contributed by atoms with Crippen LogP contribution in [-0.2, 0) is 38.0 Å². The molecular weight excluding hydrogens is 841 g/mol. The molecule has 15 heteroatoms. The van der Waals surface area contributed by atoms with Crippen molar-refractivity contribution in [3.05, 3.63) is 72.9 Å². The van der Waals surface area contributed by atoms with Gasteiger partial charge in [0, 0.05) is 12.8 Å². The second-order valence-electron chi connectivity index (χ2n) is 16.5. The second-order valence-corrected chi connectivity index (χ2v) is 16.5. The minimum Gasteiger partial charge on any atom is -0.462 e. The minimum absolute atomic E-state index is 0.0816. The zero-order chi connectivity index (χ0) is 47.5. The Bertz CT molecular complexity index is 1410. The zero-order valence-corrected chi connectivity index (χ0v) is 38.9. The molecule has 11 atom stereocenters. The number of hydrogen-bond donors (Lipinski definition) is 7. The van der Waals surface area contributed by atoms with Crippen LogP contribution in [0, 0.1) is 0 Å². The standard InChI is InChI=1S/C50H82O15/c1-3-5-7-9-11-13-15-17-18-19-20-21-23-25-27-29-31-33-42(53)63-38(35-60-41(52)32-30-28-26-24-22-16-14-12-10-8-6-4-2)36-61-49-48(59)46(57)44(55)40(65-49)37-62-50-47(58)45(56)43(54)39(34-51)64-50/h5,7,11-14,17-18,20-21,25,27,38-40,43-51,54-59H,3-4,6,8-10,15-16,19,22-24,26,28-37H2,1-2H3/b7-5-,13-11-,14-12-,18-17-,21-20-,27-25-. The van der Waals surface area contributed by atoms with Gasteiger partial charge in [-0.05, 0) is 77.0 Å². The van der Waals surface area contributed by atoms with E-state index in [1.165, 1.54) is 19.3 Å². The molecular formula is C50H82O15. The summed E-state index contributed by atoms with van der Waals surface area (Å²) in [5.74, 6) is -1.01. The molecule has 65 heavy (non-hydrogen) atoms. The van der Waals surface area contributed by atoms with Crippen LogP contribution in [0.2, 0.25) is 0 Å². The molecule has 2 rings (SSSR count). The largest absolute Gasteiger partial charge is 0.462 e. The molecule has 0 radical (unpaired) electrons. The Labute approximate surface area is 387 Å². The van der Waals surface area contributed by atoms with Gasteiger partial charge in [-0.1, -0.05) is 119 Å². The van der Waals surface area contributed by atoms with Gasteiger partial charge in [0.2, 0.25) is 0 Å². The van der Waals surface area contributed by atoms with Crippen molar-refractivity contribution in [2.24, 2.45) is 0 Å². The van der Waals surface area contributed by atoms with E-state index in [1.807, 2.05) is 12.2 Å². The lowest BCUT2D eigenvalue weighted by Gasteiger charge is -2.42. The third-order valence-corrected chi connectivity index (χ3v) is 10.9.